The van der Waals surface area contributed by atoms with Crippen molar-refractivity contribution in [3.05, 3.63) is 60.7 Å². The van der Waals surface area contributed by atoms with Crippen molar-refractivity contribution in [3.63, 3.8) is 0 Å². The fraction of sp³-hybridized carbons (Fsp3) is 0.0667. The molecule has 0 aliphatic carbocycles. The lowest BCUT2D eigenvalue weighted by atomic mass is 10.2. The topological polar surface area (TPSA) is 114 Å². The van der Waals surface area contributed by atoms with Crippen LogP contribution in [-0.2, 0) is 4.79 Å². The van der Waals surface area contributed by atoms with Gasteiger partial charge in [0, 0.05) is 16.7 Å². The molecule has 2 N–H and O–H groups in total. The molecule has 0 fully saturated rings. The average Bonchev–Trinajstić information content (AvgIpc) is 2.55. The molecule has 130 valence electrons. The van der Waals surface area contributed by atoms with Crippen LogP contribution in [0.3, 0.4) is 0 Å². The van der Waals surface area contributed by atoms with Crippen molar-refractivity contribution < 1.29 is 19.6 Å². The van der Waals surface area contributed by atoms with Crippen molar-refractivity contribution in [3.8, 4) is 11.5 Å². The highest BCUT2D eigenvalue weighted by atomic mass is 127. The number of halogens is 2. The first kappa shape index (κ1) is 18.9. The number of amides is 1. The summed E-state index contributed by atoms with van der Waals surface area (Å²) < 4.78 is 6.11. The number of aromatic hydroxyl groups is 1. The first-order valence-electron chi connectivity index (χ1n) is 6.74. The molecule has 0 heterocycles. The molecule has 2 aromatic carbocycles. The molecular formula is C15H11ClIN3O5. The Balaban J connectivity index is 1.90. The highest BCUT2D eigenvalue weighted by Gasteiger charge is 2.12. The van der Waals surface area contributed by atoms with E-state index in [-0.39, 0.29) is 6.61 Å². The molecular weight excluding hydrogens is 465 g/mol. The average molecular weight is 476 g/mol. The predicted molar refractivity (Wildman–Crippen MR) is 100 cm³/mol. The lowest BCUT2D eigenvalue weighted by Crippen LogP contribution is -2.24. The summed E-state index contributed by atoms with van der Waals surface area (Å²) >= 11 is 7.86. The number of carbonyl (C=O) groups is 1. The maximum atomic E-state index is 11.7. The van der Waals surface area contributed by atoms with E-state index in [1.165, 1.54) is 18.3 Å². The number of carbonyl (C=O) groups excluding carboxylic acids is 1. The van der Waals surface area contributed by atoms with Crippen molar-refractivity contribution in [2.24, 2.45) is 5.10 Å². The van der Waals surface area contributed by atoms with E-state index in [0.29, 0.717) is 16.3 Å². The summed E-state index contributed by atoms with van der Waals surface area (Å²) in [6.07, 6.45) is 1.22. The maximum Gasteiger partial charge on any atom is 0.311 e. The monoisotopic (exact) mass is 475 g/mol. The number of ether oxygens (including phenoxy) is 1. The fourth-order valence-corrected chi connectivity index (χ4v) is 2.74. The van der Waals surface area contributed by atoms with Crippen LogP contribution in [0.4, 0.5) is 5.69 Å². The zero-order valence-electron chi connectivity index (χ0n) is 12.5. The summed E-state index contributed by atoms with van der Waals surface area (Å²) in [5.41, 5.74) is 2.14. The number of benzene rings is 2. The fourth-order valence-electron chi connectivity index (χ4n) is 1.71. The molecule has 25 heavy (non-hydrogen) atoms. The molecule has 0 spiro atoms. The van der Waals surface area contributed by atoms with Gasteiger partial charge in [-0.1, -0.05) is 11.6 Å². The molecule has 0 aromatic heterocycles. The number of hydrogen-bond acceptors (Lipinski definition) is 6. The van der Waals surface area contributed by atoms with Crippen LogP contribution in [0.1, 0.15) is 5.56 Å². The maximum absolute atomic E-state index is 11.7. The van der Waals surface area contributed by atoms with Gasteiger partial charge in [-0.3, -0.25) is 14.9 Å². The standard InChI is InChI=1S/C15H11ClIN3O5/c16-10-2-4-14(11(17)6-10)25-8-15(22)19-18-7-9-1-3-13(21)12(5-9)20(23)24/h1-7,21H,8H2,(H,19,22)/b18-7+. The number of nitrogens with zero attached hydrogens (tertiary/aromatic N) is 2. The van der Waals surface area contributed by atoms with Crippen LogP contribution in [0, 0.1) is 13.7 Å². The van der Waals surface area contributed by atoms with Crippen LogP contribution in [-0.4, -0.2) is 28.8 Å². The van der Waals surface area contributed by atoms with E-state index in [9.17, 15) is 20.0 Å². The smallest absolute Gasteiger partial charge is 0.311 e. The number of hydrazone groups is 1. The van der Waals surface area contributed by atoms with Gasteiger partial charge in [0.25, 0.3) is 5.91 Å². The minimum Gasteiger partial charge on any atom is -0.502 e. The first-order chi connectivity index (χ1) is 11.9. The molecule has 8 nitrogen and oxygen atoms in total. The molecule has 0 bridgehead atoms. The summed E-state index contributed by atoms with van der Waals surface area (Å²) in [5.74, 6) is -0.439. The zero-order chi connectivity index (χ0) is 18.4. The van der Waals surface area contributed by atoms with E-state index in [0.717, 1.165) is 9.64 Å². The van der Waals surface area contributed by atoms with E-state index in [1.807, 2.05) is 22.6 Å². The van der Waals surface area contributed by atoms with Crippen molar-refractivity contribution in [2.75, 3.05) is 6.61 Å². The minimum atomic E-state index is -0.715. The lowest BCUT2D eigenvalue weighted by Gasteiger charge is -2.07. The summed E-state index contributed by atoms with van der Waals surface area (Å²) in [4.78, 5) is 21.7. The molecule has 1 amide bonds. The highest BCUT2D eigenvalue weighted by molar-refractivity contribution is 14.1. The molecule has 0 saturated heterocycles. The predicted octanol–water partition coefficient (Wildman–Crippen LogP) is 3.09. The second-order valence-electron chi connectivity index (χ2n) is 4.66. The lowest BCUT2D eigenvalue weighted by molar-refractivity contribution is -0.385. The van der Waals surface area contributed by atoms with Gasteiger partial charge >= 0.3 is 5.69 Å². The number of nitro groups is 1. The molecule has 2 rings (SSSR count). The Bertz CT molecular complexity index is 844. The molecule has 0 aliphatic heterocycles. The summed E-state index contributed by atoms with van der Waals surface area (Å²) in [7, 11) is 0. The minimum absolute atomic E-state index is 0.259. The normalized spacial score (nSPS) is 10.6. The third kappa shape index (κ3) is 5.57. The number of nitro benzene ring substituents is 1. The van der Waals surface area contributed by atoms with Gasteiger partial charge < -0.3 is 9.84 Å². The van der Waals surface area contributed by atoms with Crippen LogP contribution in [0.2, 0.25) is 5.02 Å². The third-order valence-corrected chi connectivity index (χ3v) is 3.93. The van der Waals surface area contributed by atoms with Gasteiger partial charge in [0.05, 0.1) is 14.7 Å². The van der Waals surface area contributed by atoms with Gasteiger partial charge in [-0.2, -0.15) is 5.10 Å². The second-order valence-corrected chi connectivity index (χ2v) is 6.26. The molecule has 0 saturated carbocycles. The van der Waals surface area contributed by atoms with E-state index >= 15 is 0 Å². The van der Waals surface area contributed by atoms with E-state index < -0.39 is 22.3 Å². The van der Waals surface area contributed by atoms with Gasteiger partial charge in [0.2, 0.25) is 0 Å². The van der Waals surface area contributed by atoms with Crippen LogP contribution in [0.15, 0.2) is 41.5 Å². The summed E-state index contributed by atoms with van der Waals surface area (Å²) in [5, 5.41) is 24.3. The van der Waals surface area contributed by atoms with E-state index in [4.69, 9.17) is 16.3 Å². The highest BCUT2D eigenvalue weighted by Crippen LogP contribution is 2.25. The number of rotatable bonds is 6. The zero-order valence-corrected chi connectivity index (χ0v) is 15.4. The van der Waals surface area contributed by atoms with Gasteiger partial charge in [0.15, 0.2) is 12.4 Å². The molecule has 0 unspecified atom stereocenters. The van der Waals surface area contributed by atoms with Gasteiger partial charge in [0.1, 0.15) is 5.75 Å². The Hall–Kier alpha value is -2.40. The van der Waals surface area contributed by atoms with Gasteiger partial charge in [-0.05, 0) is 52.9 Å². The van der Waals surface area contributed by atoms with Crippen LogP contribution < -0.4 is 10.2 Å². The van der Waals surface area contributed by atoms with E-state index in [1.54, 1.807) is 18.2 Å². The Morgan fingerprint density at radius 2 is 2.16 bits per heavy atom. The summed E-state index contributed by atoms with van der Waals surface area (Å²) in [6, 6.07) is 8.73. The third-order valence-electron chi connectivity index (χ3n) is 2.85. The Labute approximate surface area is 160 Å². The number of hydrogen-bond donors (Lipinski definition) is 2. The van der Waals surface area contributed by atoms with Crippen molar-refractivity contribution >= 4 is 52.0 Å². The van der Waals surface area contributed by atoms with Crippen molar-refractivity contribution in [1.29, 1.82) is 0 Å². The second kappa shape index (κ2) is 8.62. The number of phenols is 1. The van der Waals surface area contributed by atoms with Crippen LogP contribution >= 0.6 is 34.2 Å². The van der Waals surface area contributed by atoms with Crippen molar-refractivity contribution in [2.45, 2.75) is 0 Å². The van der Waals surface area contributed by atoms with Gasteiger partial charge in [-0.25, -0.2) is 5.43 Å². The molecule has 10 heteroatoms. The quantitative estimate of drug-likeness (QED) is 0.288. The summed E-state index contributed by atoms with van der Waals surface area (Å²) in [6.45, 7) is -0.259. The van der Waals surface area contributed by atoms with E-state index in [2.05, 4.69) is 10.5 Å². The first-order valence-corrected chi connectivity index (χ1v) is 8.19. The Morgan fingerprint density at radius 1 is 1.40 bits per heavy atom. The Morgan fingerprint density at radius 3 is 2.84 bits per heavy atom. The van der Waals surface area contributed by atoms with Crippen LogP contribution in [0.5, 0.6) is 11.5 Å². The molecule has 0 atom stereocenters. The molecule has 0 radical (unpaired) electrons. The van der Waals surface area contributed by atoms with Crippen LogP contribution in [0.25, 0.3) is 0 Å². The SMILES string of the molecule is O=C(COc1ccc(Cl)cc1I)N/N=C/c1ccc(O)c([N+](=O)[O-])c1. The molecule has 0 aliphatic rings. The number of nitrogens with one attached hydrogen (secondary N) is 1. The Kier molecular flexibility index (Phi) is 6.53. The largest absolute Gasteiger partial charge is 0.502 e. The molecule has 2 aromatic rings. The number of phenolic OH excluding ortho intramolecular Hbond substituents is 1. The van der Waals surface area contributed by atoms with Gasteiger partial charge in [-0.15, -0.1) is 0 Å². The van der Waals surface area contributed by atoms with Crippen molar-refractivity contribution in [1.82, 2.24) is 5.43 Å².